The van der Waals surface area contributed by atoms with Crippen LogP contribution in [0.2, 0.25) is 0 Å². The molecule has 0 atom stereocenters. The monoisotopic (exact) mass is 277 g/mol. The third-order valence-corrected chi connectivity index (χ3v) is 3.65. The Balaban J connectivity index is 1.97. The van der Waals surface area contributed by atoms with Crippen molar-refractivity contribution < 1.29 is 4.79 Å². The number of amides is 1. The molecule has 1 aromatic carbocycles. The smallest absolute Gasteiger partial charge is 0.240 e. The van der Waals surface area contributed by atoms with E-state index in [4.69, 9.17) is 11.6 Å². The summed E-state index contributed by atoms with van der Waals surface area (Å²) in [6, 6.07) is 6.32. The zero-order valence-corrected chi connectivity index (χ0v) is 11.6. The van der Waals surface area contributed by atoms with Crippen molar-refractivity contribution in [1.82, 2.24) is 14.9 Å². The van der Waals surface area contributed by atoms with Crippen molar-refractivity contribution in [3.05, 3.63) is 29.6 Å². The second-order valence-corrected chi connectivity index (χ2v) is 5.30. The van der Waals surface area contributed by atoms with E-state index in [1.54, 1.807) is 0 Å². The van der Waals surface area contributed by atoms with Gasteiger partial charge in [-0.2, -0.15) is 0 Å². The molecule has 1 amide bonds. The standard InChI is InChI=1S/C14H16ClN3O/c1-9-3-2-4-11-14(9)18(12(7-15)17-11)8-13(19)16-10-5-6-10/h2-4,10H,5-8H2,1H3,(H,16,19). The summed E-state index contributed by atoms with van der Waals surface area (Å²) in [6.07, 6.45) is 2.19. The molecule has 100 valence electrons. The van der Waals surface area contributed by atoms with Gasteiger partial charge in [0.05, 0.1) is 16.9 Å². The van der Waals surface area contributed by atoms with Crippen LogP contribution in [0, 0.1) is 6.92 Å². The molecule has 4 nitrogen and oxygen atoms in total. The lowest BCUT2D eigenvalue weighted by Crippen LogP contribution is -2.29. The van der Waals surface area contributed by atoms with Gasteiger partial charge in [-0.05, 0) is 31.4 Å². The number of halogens is 1. The molecule has 0 saturated heterocycles. The van der Waals surface area contributed by atoms with E-state index in [9.17, 15) is 4.79 Å². The molecule has 3 rings (SSSR count). The molecule has 1 fully saturated rings. The van der Waals surface area contributed by atoms with Gasteiger partial charge >= 0.3 is 0 Å². The summed E-state index contributed by atoms with van der Waals surface area (Å²) in [7, 11) is 0. The number of aromatic nitrogens is 2. The van der Waals surface area contributed by atoms with Gasteiger partial charge in [-0.1, -0.05) is 12.1 Å². The second kappa shape index (κ2) is 4.85. The molecule has 0 unspecified atom stereocenters. The minimum atomic E-state index is 0.0384. The average molecular weight is 278 g/mol. The molecule has 0 spiro atoms. The van der Waals surface area contributed by atoms with Crippen molar-refractivity contribution in [3.8, 4) is 0 Å². The van der Waals surface area contributed by atoms with Crippen LogP contribution in [0.1, 0.15) is 24.2 Å². The van der Waals surface area contributed by atoms with Crippen LogP contribution in [-0.4, -0.2) is 21.5 Å². The molecule has 19 heavy (non-hydrogen) atoms. The summed E-state index contributed by atoms with van der Waals surface area (Å²) in [4.78, 5) is 16.5. The van der Waals surface area contributed by atoms with Gasteiger partial charge in [0.1, 0.15) is 12.4 Å². The van der Waals surface area contributed by atoms with Gasteiger partial charge in [-0.15, -0.1) is 11.6 Å². The fourth-order valence-electron chi connectivity index (χ4n) is 2.33. The van der Waals surface area contributed by atoms with E-state index < -0.39 is 0 Å². The molecule has 2 aromatic rings. The number of hydrogen-bond acceptors (Lipinski definition) is 2. The highest BCUT2D eigenvalue weighted by molar-refractivity contribution is 6.16. The van der Waals surface area contributed by atoms with E-state index in [1.807, 2.05) is 29.7 Å². The lowest BCUT2D eigenvalue weighted by Gasteiger charge is -2.09. The normalized spacial score (nSPS) is 14.8. The third kappa shape index (κ3) is 2.45. The van der Waals surface area contributed by atoms with Gasteiger partial charge in [-0.25, -0.2) is 4.98 Å². The number of rotatable bonds is 4. The van der Waals surface area contributed by atoms with Crippen LogP contribution in [0.4, 0.5) is 0 Å². The Morgan fingerprint density at radius 1 is 1.53 bits per heavy atom. The number of hydrogen-bond donors (Lipinski definition) is 1. The van der Waals surface area contributed by atoms with E-state index in [-0.39, 0.29) is 5.91 Å². The summed E-state index contributed by atoms with van der Waals surface area (Å²) >= 11 is 5.94. The van der Waals surface area contributed by atoms with Gasteiger partial charge in [0.2, 0.25) is 5.91 Å². The van der Waals surface area contributed by atoms with E-state index in [0.717, 1.165) is 35.3 Å². The zero-order chi connectivity index (χ0) is 13.4. The molecule has 5 heteroatoms. The Morgan fingerprint density at radius 2 is 2.32 bits per heavy atom. The third-order valence-electron chi connectivity index (χ3n) is 3.41. The predicted octanol–water partition coefficient (Wildman–Crippen LogP) is 2.36. The van der Waals surface area contributed by atoms with Crippen LogP contribution >= 0.6 is 11.6 Å². The molecular weight excluding hydrogens is 262 g/mol. The first-order chi connectivity index (χ1) is 9.19. The molecule has 0 aliphatic heterocycles. The number of aryl methyl sites for hydroxylation is 1. The van der Waals surface area contributed by atoms with Crippen LogP contribution in [0.25, 0.3) is 11.0 Å². The number of carbonyl (C=O) groups excluding carboxylic acids is 1. The highest BCUT2D eigenvalue weighted by atomic mass is 35.5. The van der Waals surface area contributed by atoms with Gasteiger partial charge in [0, 0.05) is 6.04 Å². The van der Waals surface area contributed by atoms with Crippen LogP contribution in [-0.2, 0) is 17.2 Å². The largest absolute Gasteiger partial charge is 0.352 e. The molecule has 1 aliphatic rings. The molecule has 1 N–H and O–H groups in total. The fourth-order valence-corrected chi connectivity index (χ4v) is 2.53. The molecule has 1 aliphatic carbocycles. The Labute approximate surface area is 116 Å². The maximum Gasteiger partial charge on any atom is 0.240 e. The molecule has 0 radical (unpaired) electrons. The summed E-state index contributed by atoms with van der Waals surface area (Å²) < 4.78 is 1.93. The molecule has 1 aromatic heterocycles. The van der Waals surface area contributed by atoms with Crippen LogP contribution < -0.4 is 5.32 Å². The topological polar surface area (TPSA) is 46.9 Å². The molecule has 1 heterocycles. The Morgan fingerprint density at radius 3 is 3.00 bits per heavy atom. The highest BCUT2D eigenvalue weighted by Crippen LogP contribution is 2.22. The lowest BCUT2D eigenvalue weighted by atomic mass is 10.2. The summed E-state index contributed by atoms with van der Waals surface area (Å²) in [5, 5.41) is 3.00. The maximum atomic E-state index is 12.0. The number of benzene rings is 1. The fraction of sp³-hybridized carbons (Fsp3) is 0.429. The first-order valence-electron chi connectivity index (χ1n) is 6.49. The Hall–Kier alpha value is -1.55. The van der Waals surface area contributed by atoms with Crippen molar-refractivity contribution in [3.63, 3.8) is 0 Å². The first kappa shape index (κ1) is 12.5. The zero-order valence-electron chi connectivity index (χ0n) is 10.8. The van der Waals surface area contributed by atoms with Crippen LogP contribution in [0.5, 0.6) is 0 Å². The predicted molar refractivity (Wildman–Crippen MR) is 75.2 cm³/mol. The number of carbonyl (C=O) groups is 1. The SMILES string of the molecule is Cc1cccc2nc(CCl)n(CC(=O)NC3CC3)c12. The van der Waals surface area contributed by atoms with Crippen LogP contribution in [0.3, 0.4) is 0 Å². The van der Waals surface area contributed by atoms with Gasteiger partial charge in [0.15, 0.2) is 0 Å². The summed E-state index contributed by atoms with van der Waals surface area (Å²) in [6.45, 7) is 2.32. The minimum Gasteiger partial charge on any atom is -0.352 e. The summed E-state index contributed by atoms with van der Waals surface area (Å²) in [5.74, 6) is 1.10. The number of nitrogens with zero attached hydrogens (tertiary/aromatic N) is 2. The quantitative estimate of drug-likeness (QED) is 0.872. The lowest BCUT2D eigenvalue weighted by molar-refractivity contribution is -0.121. The molecule has 0 bridgehead atoms. The van der Waals surface area contributed by atoms with E-state index in [2.05, 4.69) is 10.3 Å². The van der Waals surface area contributed by atoms with E-state index in [0.29, 0.717) is 18.5 Å². The minimum absolute atomic E-state index is 0.0384. The molecular formula is C14H16ClN3O. The average Bonchev–Trinajstić information content (AvgIpc) is 3.11. The second-order valence-electron chi connectivity index (χ2n) is 5.03. The van der Waals surface area contributed by atoms with Crippen molar-refractivity contribution >= 4 is 28.5 Å². The van der Waals surface area contributed by atoms with Crippen molar-refractivity contribution in [2.75, 3.05) is 0 Å². The summed E-state index contributed by atoms with van der Waals surface area (Å²) in [5.41, 5.74) is 3.01. The number of fused-ring (bicyclic) bond motifs is 1. The number of imidazole rings is 1. The Bertz CT molecular complexity index is 631. The number of para-hydroxylation sites is 1. The Kier molecular flexibility index (Phi) is 3.19. The van der Waals surface area contributed by atoms with Crippen molar-refractivity contribution in [2.24, 2.45) is 0 Å². The maximum absolute atomic E-state index is 12.0. The van der Waals surface area contributed by atoms with Crippen molar-refractivity contribution in [2.45, 2.75) is 38.2 Å². The molecule has 1 saturated carbocycles. The van der Waals surface area contributed by atoms with E-state index in [1.165, 1.54) is 0 Å². The van der Waals surface area contributed by atoms with Crippen molar-refractivity contribution in [1.29, 1.82) is 0 Å². The van der Waals surface area contributed by atoms with E-state index >= 15 is 0 Å². The van der Waals surface area contributed by atoms with Gasteiger partial charge in [0.25, 0.3) is 0 Å². The van der Waals surface area contributed by atoms with Gasteiger partial charge in [-0.3, -0.25) is 4.79 Å². The van der Waals surface area contributed by atoms with Gasteiger partial charge < -0.3 is 9.88 Å². The first-order valence-corrected chi connectivity index (χ1v) is 7.02. The van der Waals surface area contributed by atoms with Crippen LogP contribution in [0.15, 0.2) is 18.2 Å². The number of alkyl halides is 1. The number of nitrogens with one attached hydrogen (secondary N) is 1. The highest BCUT2D eigenvalue weighted by Gasteiger charge is 2.24.